The summed E-state index contributed by atoms with van der Waals surface area (Å²) in [6.45, 7) is 3.53. The molecule has 2 aromatic carbocycles. The molecule has 1 aliphatic heterocycles. The van der Waals surface area contributed by atoms with E-state index < -0.39 is 5.41 Å². The molecule has 152 valence electrons. The smallest absolute Gasteiger partial charge is 0.251 e. The van der Waals surface area contributed by atoms with Crippen LogP contribution in [0.3, 0.4) is 0 Å². The van der Waals surface area contributed by atoms with E-state index in [0.717, 1.165) is 37.0 Å². The van der Waals surface area contributed by atoms with Crippen molar-refractivity contribution in [2.45, 2.75) is 38.0 Å². The van der Waals surface area contributed by atoms with Crippen LogP contribution in [0.2, 0.25) is 0 Å². The number of hydrogen-bond donors (Lipinski definition) is 2. The summed E-state index contributed by atoms with van der Waals surface area (Å²) in [6, 6.07) is 12.8. The standard InChI is InChI=1S/C23H26N2O4/c1-2-24-21(26)16-5-8-18(9-6-16)25-22(27)23(11-3-4-12-23)17-7-10-19-20(15-17)29-14-13-28-19/h5-10,15H,2-4,11-14H2,1H3,(H,24,26)(H,25,27). The molecule has 1 heterocycles. The SMILES string of the molecule is CCNC(=O)c1ccc(NC(=O)C2(c3ccc4c(c3)OCCO4)CCCC2)cc1. The van der Waals surface area contributed by atoms with Crippen molar-refractivity contribution in [3.05, 3.63) is 53.6 Å². The first-order valence-electron chi connectivity index (χ1n) is 10.2. The highest BCUT2D eigenvalue weighted by Gasteiger charge is 2.43. The van der Waals surface area contributed by atoms with Crippen LogP contribution in [-0.2, 0) is 10.2 Å². The van der Waals surface area contributed by atoms with Crippen LogP contribution in [-0.4, -0.2) is 31.6 Å². The van der Waals surface area contributed by atoms with Gasteiger partial charge in [-0.3, -0.25) is 9.59 Å². The monoisotopic (exact) mass is 394 g/mol. The van der Waals surface area contributed by atoms with Crippen LogP contribution in [0, 0.1) is 0 Å². The molecule has 6 nitrogen and oxygen atoms in total. The van der Waals surface area contributed by atoms with Gasteiger partial charge in [-0.25, -0.2) is 0 Å². The molecular formula is C23H26N2O4. The van der Waals surface area contributed by atoms with Crippen LogP contribution in [0.5, 0.6) is 11.5 Å². The fourth-order valence-corrected chi connectivity index (χ4v) is 4.18. The molecular weight excluding hydrogens is 368 g/mol. The average Bonchev–Trinajstić information content (AvgIpc) is 3.25. The quantitative estimate of drug-likeness (QED) is 0.811. The Hall–Kier alpha value is -3.02. The van der Waals surface area contributed by atoms with Crippen molar-refractivity contribution < 1.29 is 19.1 Å². The Balaban J connectivity index is 1.56. The van der Waals surface area contributed by atoms with Gasteiger partial charge in [-0.2, -0.15) is 0 Å². The van der Waals surface area contributed by atoms with Gasteiger partial charge in [0.15, 0.2) is 11.5 Å². The highest BCUT2D eigenvalue weighted by atomic mass is 16.6. The Morgan fingerprint density at radius 1 is 0.966 bits per heavy atom. The lowest BCUT2D eigenvalue weighted by Crippen LogP contribution is -2.38. The normalized spacial score (nSPS) is 16.9. The molecule has 0 radical (unpaired) electrons. The number of rotatable bonds is 5. The molecule has 2 aromatic rings. The summed E-state index contributed by atoms with van der Waals surface area (Å²) in [7, 11) is 0. The maximum atomic E-state index is 13.4. The predicted molar refractivity (Wildman–Crippen MR) is 111 cm³/mol. The highest BCUT2D eigenvalue weighted by Crippen LogP contribution is 2.45. The van der Waals surface area contributed by atoms with Crippen LogP contribution < -0.4 is 20.1 Å². The number of ether oxygens (including phenoxy) is 2. The number of benzene rings is 2. The zero-order valence-electron chi connectivity index (χ0n) is 16.6. The van der Waals surface area contributed by atoms with Crippen LogP contribution in [0.1, 0.15) is 48.5 Å². The molecule has 0 atom stereocenters. The number of fused-ring (bicyclic) bond motifs is 1. The van der Waals surface area contributed by atoms with Gasteiger partial charge in [0.1, 0.15) is 13.2 Å². The zero-order valence-corrected chi connectivity index (χ0v) is 16.6. The predicted octanol–water partition coefficient (Wildman–Crippen LogP) is 3.66. The molecule has 0 saturated heterocycles. The molecule has 4 rings (SSSR count). The van der Waals surface area contributed by atoms with E-state index in [-0.39, 0.29) is 11.8 Å². The number of nitrogens with one attached hydrogen (secondary N) is 2. The van der Waals surface area contributed by atoms with Crippen molar-refractivity contribution in [2.24, 2.45) is 0 Å². The van der Waals surface area contributed by atoms with Crippen molar-refractivity contribution >= 4 is 17.5 Å². The van der Waals surface area contributed by atoms with E-state index in [1.165, 1.54) is 0 Å². The number of carbonyl (C=O) groups is 2. The summed E-state index contributed by atoms with van der Waals surface area (Å²) in [5.74, 6) is 1.31. The maximum Gasteiger partial charge on any atom is 0.251 e. The van der Waals surface area contributed by atoms with E-state index in [1.54, 1.807) is 24.3 Å². The van der Waals surface area contributed by atoms with E-state index in [0.29, 0.717) is 36.8 Å². The number of anilines is 1. The first-order chi connectivity index (χ1) is 14.1. The van der Waals surface area contributed by atoms with E-state index >= 15 is 0 Å². The molecule has 2 N–H and O–H groups in total. The Morgan fingerprint density at radius 2 is 1.66 bits per heavy atom. The highest BCUT2D eigenvalue weighted by molar-refractivity contribution is 6.00. The molecule has 0 spiro atoms. The van der Waals surface area contributed by atoms with Gasteiger partial charge in [0.05, 0.1) is 5.41 Å². The third-order valence-electron chi connectivity index (χ3n) is 5.73. The second-order valence-electron chi connectivity index (χ2n) is 7.54. The summed E-state index contributed by atoms with van der Waals surface area (Å²) in [4.78, 5) is 25.3. The third-order valence-corrected chi connectivity index (χ3v) is 5.73. The molecule has 0 bridgehead atoms. The number of carbonyl (C=O) groups excluding carboxylic acids is 2. The van der Waals surface area contributed by atoms with Crippen molar-refractivity contribution in [1.82, 2.24) is 5.32 Å². The minimum atomic E-state index is -0.575. The Kier molecular flexibility index (Phi) is 5.43. The molecule has 0 unspecified atom stereocenters. The van der Waals surface area contributed by atoms with Crippen LogP contribution >= 0.6 is 0 Å². The van der Waals surface area contributed by atoms with Crippen LogP contribution in [0.15, 0.2) is 42.5 Å². The molecule has 29 heavy (non-hydrogen) atoms. The Labute approximate surface area is 170 Å². The van der Waals surface area contributed by atoms with Crippen molar-refractivity contribution in [1.29, 1.82) is 0 Å². The molecule has 2 aliphatic rings. The zero-order chi connectivity index (χ0) is 20.3. The second kappa shape index (κ2) is 8.15. The van der Waals surface area contributed by atoms with Gasteiger partial charge in [0, 0.05) is 17.8 Å². The number of amides is 2. The molecule has 1 saturated carbocycles. The lowest BCUT2D eigenvalue weighted by Gasteiger charge is -2.30. The maximum absolute atomic E-state index is 13.4. The minimum absolute atomic E-state index is 0.0163. The molecule has 1 fully saturated rings. The molecule has 2 amide bonds. The summed E-state index contributed by atoms with van der Waals surface area (Å²) >= 11 is 0. The average molecular weight is 394 g/mol. The van der Waals surface area contributed by atoms with Crippen LogP contribution in [0.25, 0.3) is 0 Å². The Bertz CT molecular complexity index is 902. The van der Waals surface area contributed by atoms with Crippen LogP contribution in [0.4, 0.5) is 5.69 Å². The van der Waals surface area contributed by atoms with E-state index in [4.69, 9.17) is 9.47 Å². The van der Waals surface area contributed by atoms with E-state index in [2.05, 4.69) is 10.6 Å². The third kappa shape index (κ3) is 3.79. The largest absolute Gasteiger partial charge is 0.486 e. The molecule has 6 heteroatoms. The van der Waals surface area contributed by atoms with Gasteiger partial charge in [-0.05, 0) is 61.7 Å². The summed E-state index contributed by atoms with van der Waals surface area (Å²) in [5.41, 5.74) is 1.66. The van der Waals surface area contributed by atoms with Crippen molar-refractivity contribution in [2.75, 3.05) is 25.1 Å². The molecule has 1 aliphatic carbocycles. The van der Waals surface area contributed by atoms with Gasteiger partial charge in [0.2, 0.25) is 5.91 Å². The lowest BCUT2D eigenvalue weighted by molar-refractivity contribution is -0.121. The van der Waals surface area contributed by atoms with Gasteiger partial charge < -0.3 is 20.1 Å². The minimum Gasteiger partial charge on any atom is -0.486 e. The first kappa shape index (κ1) is 19.3. The topological polar surface area (TPSA) is 76.7 Å². The summed E-state index contributed by atoms with van der Waals surface area (Å²) in [5, 5.41) is 5.83. The van der Waals surface area contributed by atoms with Crippen molar-refractivity contribution in [3.8, 4) is 11.5 Å². The fourth-order valence-electron chi connectivity index (χ4n) is 4.18. The summed E-state index contributed by atoms with van der Waals surface area (Å²) < 4.78 is 11.3. The van der Waals surface area contributed by atoms with Gasteiger partial charge in [0.25, 0.3) is 5.91 Å². The lowest BCUT2D eigenvalue weighted by atomic mass is 9.77. The molecule has 0 aromatic heterocycles. The fraction of sp³-hybridized carbons (Fsp3) is 0.391. The van der Waals surface area contributed by atoms with Gasteiger partial charge >= 0.3 is 0 Å². The number of hydrogen-bond acceptors (Lipinski definition) is 4. The second-order valence-corrected chi connectivity index (χ2v) is 7.54. The Morgan fingerprint density at radius 3 is 2.34 bits per heavy atom. The first-order valence-corrected chi connectivity index (χ1v) is 10.2. The van der Waals surface area contributed by atoms with E-state index in [9.17, 15) is 9.59 Å². The van der Waals surface area contributed by atoms with Crippen molar-refractivity contribution in [3.63, 3.8) is 0 Å². The van der Waals surface area contributed by atoms with E-state index in [1.807, 2.05) is 25.1 Å². The van der Waals surface area contributed by atoms with Gasteiger partial charge in [-0.15, -0.1) is 0 Å². The van der Waals surface area contributed by atoms with Gasteiger partial charge in [-0.1, -0.05) is 18.9 Å². The summed E-state index contributed by atoms with van der Waals surface area (Å²) in [6.07, 6.45) is 3.63.